The van der Waals surface area contributed by atoms with Crippen molar-refractivity contribution in [3.8, 4) is 0 Å². The lowest BCUT2D eigenvalue weighted by molar-refractivity contribution is -0.119. The highest BCUT2D eigenvalue weighted by atomic mass is 16.2. The number of benzene rings is 1. The fourth-order valence-electron chi connectivity index (χ4n) is 3.06. The van der Waals surface area contributed by atoms with Crippen LogP contribution < -0.4 is 5.32 Å². The van der Waals surface area contributed by atoms with Crippen LogP contribution in [-0.4, -0.2) is 11.9 Å². The van der Waals surface area contributed by atoms with Gasteiger partial charge in [-0.3, -0.25) is 4.79 Å². The zero-order valence-electron chi connectivity index (χ0n) is 11.6. The predicted octanol–water partition coefficient (Wildman–Crippen LogP) is 3.20. The summed E-state index contributed by atoms with van der Waals surface area (Å²) in [4.78, 5) is 11.7. The van der Waals surface area contributed by atoms with Gasteiger partial charge >= 0.3 is 0 Å². The Bertz CT molecular complexity index is 423. The fraction of sp³-hybridized carbons (Fsp3) is 0.562. The van der Waals surface area contributed by atoms with E-state index in [1.54, 1.807) is 0 Å². The predicted molar refractivity (Wildman–Crippen MR) is 74.6 cm³/mol. The van der Waals surface area contributed by atoms with Crippen molar-refractivity contribution in [1.82, 2.24) is 5.32 Å². The lowest BCUT2D eigenvalue weighted by Gasteiger charge is -2.30. The topological polar surface area (TPSA) is 29.1 Å². The van der Waals surface area contributed by atoms with E-state index in [2.05, 4.69) is 50.4 Å². The normalized spacial score (nSPS) is 27.3. The Hall–Kier alpha value is -1.31. The number of hydrogen-bond acceptors (Lipinski definition) is 1. The average Bonchev–Trinajstić information content (AvgIpc) is 2.66. The summed E-state index contributed by atoms with van der Waals surface area (Å²) in [6, 6.07) is 9.09. The van der Waals surface area contributed by atoms with Crippen molar-refractivity contribution < 1.29 is 4.79 Å². The van der Waals surface area contributed by atoms with E-state index in [1.807, 2.05) is 0 Å². The van der Waals surface area contributed by atoms with Crippen molar-refractivity contribution in [2.24, 2.45) is 0 Å². The third-order valence-corrected chi connectivity index (χ3v) is 4.19. The summed E-state index contributed by atoms with van der Waals surface area (Å²) in [5, 5.41) is 3.09. The monoisotopic (exact) mass is 245 g/mol. The third-order valence-electron chi connectivity index (χ3n) is 4.19. The van der Waals surface area contributed by atoms with Gasteiger partial charge in [0.2, 0.25) is 5.91 Å². The number of hydrogen-bond donors (Lipinski definition) is 1. The Morgan fingerprint density at radius 3 is 2.50 bits per heavy atom. The molecule has 2 unspecified atom stereocenters. The van der Waals surface area contributed by atoms with E-state index < -0.39 is 0 Å². The molecule has 1 amide bonds. The van der Waals surface area contributed by atoms with Gasteiger partial charge in [-0.2, -0.15) is 0 Å². The Labute approximate surface area is 110 Å². The molecule has 1 aliphatic rings. The molecule has 0 spiro atoms. The highest BCUT2D eigenvalue weighted by molar-refractivity contribution is 5.81. The summed E-state index contributed by atoms with van der Waals surface area (Å²) in [6.45, 7) is 6.54. The Morgan fingerprint density at radius 2 is 1.94 bits per heavy atom. The van der Waals surface area contributed by atoms with Crippen LogP contribution in [0.2, 0.25) is 0 Å². The van der Waals surface area contributed by atoms with Gasteiger partial charge < -0.3 is 5.32 Å². The number of carbonyl (C=O) groups excluding carboxylic acids is 1. The molecule has 0 bridgehead atoms. The number of nitrogens with one attached hydrogen (secondary N) is 1. The molecule has 1 aliphatic heterocycles. The van der Waals surface area contributed by atoms with Crippen LogP contribution >= 0.6 is 0 Å². The minimum atomic E-state index is -0.0451. The van der Waals surface area contributed by atoms with Gasteiger partial charge in [0, 0.05) is 17.9 Å². The molecular formula is C16H23NO. The smallest absolute Gasteiger partial charge is 0.221 e. The van der Waals surface area contributed by atoms with Crippen LogP contribution in [0.5, 0.6) is 0 Å². The quantitative estimate of drug-likeness (QED) is 0.867. The molecule has 2 rings (SSSR count). The highest BCUT2D eigenvalue weighted by Crippen LogP contribution is 2.37. The van der Waals surface area contributed by atoms with E-state index in [0.29, 0.717) is 6.42 Å². The molecule has 0 aliphatic carbocycles. The van der Waals surface area contributed by atoms with Gasteiger partial charge in [0.1, 0.15) is 0 Å². The van der Waals surface area contributed by atoms with E-state index in [0.717, 1.165) is 12.8 Å². The standard InChI is InChI=1S/C16H23NO/c1-4-6-12-7-9-13(10-8-12)16(3)11-15(18)17-14(16)5-2/h7-10,14H,4-6,11H2,1-3H3,(H,17,18). The van der Waals surface area contributed by atoms with Gasteiger partial charge in [-0.1, -0.05) is 51.5 Å². The van der Waals surface area contributed by atoms with Crippen molar-refractivity contribution >= 4 is 5.91 Å². The first-order valence-corrected chi connectivity index (χ1v) is 6.99. The van der Waals surface area contributed by atoms with Gasteiger partial charge in [-0.25, -0.2) is 0 Å². The second-order valence-electron chi connectivity index (χ2n) is 5.57. The van der Waals surface area contributed by atoms with Crippen LogP contribution in [-0.2, 0) is 16.6 Å². The Kier molecular flexibility index (Phi) is 3.74. The summed E-state index contributed by atoms with van der Waals surface area (Å²) in [5.74, 6) is 0.182. The van der Waals surface area contributed by atoms with Crippen LogP contribution in [0.3, 0.4) is 0 Å². The van der Waals surface area contributed by atoms with Gasteiger partial charge in [0.25, 0.3) is 0 Å². The lowest BCUT2D eigenvalue weighted by Crippen LogP contribution is -2.37. The molecular weight excluding hydrogens is 222 g/mol. The minimum absolute atomic E-state index is 0.0451. The van der Waals surface area contributed by atoms with Crippen LogP contribution in [0.4, 0.5) is 0 Å². The van der Waals surface area contributed by atoms with Crippen molar-refractivity contribution in [3.63, 3.8) is 0 Å². The first-order chi connectivity index (χ1) is 8.60. The molecule has 2 nitrogen and oxygen atoms in total. The second-order valence-corrected chi connectivity index (χ2v) is 5.57. The van der Waals surface area contributed by atoms with E-state index in [4.69, 9.17) is 0 Å². The molecule has 1 aromatic rings. The van der Waals surface area contributed by atoms with Crippen LogP contribution in [0.1, 0.15) is 51.2 Å². The molecule has 0 saturated carbocycles. The maximum absolute atomic E-state index is 11.7. The van der Waals surface area contributed by atoms with Crippen LogP contribution in [0.25, 0.3) is 0 Å². The van der Waals surface area contributed by atoms with E-state index in [-0.39, 0.29) is 17.4 Å². The third kappa shape index (κ3) is 2.29. The molecule has 2 atom stereocenters. The minimum Gasteiger partial charge on any atom is -0.352 e. The van der Waals surface area contributed by atoms with Crippen molar-refractivity contribution in [2.75, 3.05) is 0 Å². The van der Waals surface area contributed by atoms with Crippen molar-refractivity contribution in [3.05, 3.63) is 35.4 Å². The molecule has 98 valence electrons. The summed E-state index contributed by atoms with van der Waals surface area (Å²) in [6.07, 6.45) is 3.90. The number of rotatable bonds is 4. The van der Waals surface area contributed by atoms with E-state index in [9.17, 15) is 4.79 Å². The number of amides is 1. The maximum Gasteiger partial charge on any atom is 0.221 e. The lowest BCUT2D eigenvalue weighted by atomic mass is 9.75. The van der Waals surface area contributed by atoms with Crippen LogP contribution in [0.15, 0.2) is 24.3 Å². The molecule has 1 fully saturated rings. The fourth-order valence-corrected chi connectivity index (χ4v) is 3.06. The number of aryl methyl sites for hydroxylation is 1. The molecule has 18 heavy (non-hydrogen) atoms. The second kappa shape index (κ2) is 5.13. The summed E-state index contributed by atoms with van der Waals surface area (Å²) in [5.41, 5.74) is 2.62. The van der Waals surface area contributed by atoms with E-state index >= 15 is 0 Å². The summed E-state index contributed by atoms with van der Waals surface area (Å²) < 4.78 is 0. The average molecular weight is 245 g/mol. The van der Waals surface area contributed by atoms with Crippen molar-refractivity contribution in [2.45, 2.75) is 57.9 Å². The van der Waals surface area contributed by atoms with Gasteiger partial charge in [0.15, 0.2) is 0 Å². The summed E-state index contributed by atoms with van der Waals surface area (Å²) >= 11 is 0. The Balaban J connectivity index is 2.26. The molecule has 1 aromatic carbocycles. The largest absolute Gasteiger partial charge is 0.352 e. The summed E-state index contributed by atoms with van der Waals surface area (Å²) in [7, 11) is 0. The van der Waals surface area contributed by atoms with Crippen LogP contribution in [0, 0.1) is 0 Å². The van der Waals surface area contributed by atoms with Gasteiger partial charge in [-0.15, -0.1) is 0 Å². The zero-order chi connectivity index (χ0) is 13.2. The SMILES string of the molecule is CCCc1ccc(C2(C)CC(=O)NC2CC)cc1. The van der Waals surface area contributed by atoms with Gasteiger partial charge in [-0.05, 0) is 24.0 Å². The highest BCUT2D eigenvalue weighted by Gasteiger charge is 2.43. The molecule has 0 radical (unpaired) electrons. The molecule has 0 aromatic heterocycles. The molecule has 2 heteroatoms. The van der Waals surface area contributed by atoms with E-state index in [1.165, 1.54) is 17.5 Å². The molecule has 1 saturated heterocycles. The van der Waals surface area contributed by atoms with Crippen molar-refractivity contribution in [1.29, 1.82) is 0 Å². The van der Waals surface area contributed by atoms with Gasteiger partial charge in [0.05, 0.1) is 0 Å². The molecule has 1 heterocycles. The Morgan fingerprint density at radius 1 is 1.28 bits per heavy atom. The number of carbonyl (C=O) groups is 1. The zero-order valence-corrected chi connectivity index (χ0v) is 11.6. The molecule has 1 N–H and O–H groups in total. The first kappa shape index (κ1) is 13.1. The first-order valence-electron chi connectivity index (χ1n) is 6.99. The maximum atomic E-state index is 11.7.